The van der Waals surface area contributed by atoms with Gasteiger partial charge in [0.25, 0.3) is 0 Å². The minimum Gasteiger partial charge on any atom is -0.494 e. The summed E-state index contributed by atoms with van der Waals surface area (Å²) in [5.74, 6) is -0.0423. The molecule has 0 bridgehead atoms. The normalized spacial score (nSPS) is 16.3. The van der Waals surface area contributed by atoms with Gasteiger partial charge in [0.2, 0.25) is 0 Å². The average molecular weight is 309 g/mol. The molecule has 0 saturated heterocycles. The molecule has 2 heterocycles. The van der Waals surface area contributed by atoms with E-state index >= 15 is 0 Å². The summed E-state index contributed by atoms with van der Waals surface area (Å²) in [7, 11) is 1.50. The monoisotopic (exact) mass is 309 g/mol. The van der Waals surface area contributed by atoms with Crippen molar-refractivity contribution in [1.29, 1.82) is 0 Å². The largest absolute Gasteiger partial charge is 0.494 e. The highest BCUT2D eigenvalue weighted by molar-refractivity contribution is 5.45. The summed E-state index contributed by atoms with van der Waals surface area (Å²) in [6, 6.07) is 17.8. The second-order valence-electron chi connectivity index (χ2n) is 5.74. The number of rotatable bonds is 2. The maximum absolute atomic E-state index is 13.7. The predicted molar refractivity (Wildman–Crippen MR) is 86.2 cm³/mol. The molecule has 4 rings (SSSR count). The van der Waals surface area contributed by atoms with Crippen LogP contribution in [0.3, 0.4) is 0 Å². The third-order valence-electron chi connectivity index (χ3n) is 4.46. The maximum Gasteiger partial charge on any atom is 0.165 e. The minimum absolute atomic E-state index is 0.104. The van der Waals surface area contributed by atoms with Crippen molar-refractivity contribution in [2.45, 2.75) is 12.6 Å². The smallest absolute Gasteiger partial charge is 0.165 e. The molecule has 0 fully saturated rings. The number of hydrogen-bond acceptors (Lipinski definition) is 1. The van der Waals surface area contributed by atoms with Crippen LogP contribution in [0, 0.1) is 5.82 Å². The number of nitrogens with zero attached hydrogens (tertiary/aromatic N) is 1. The summed E-state index contributed by atoms with van der Waals surface area (Å²) < 4.78 is 21.1. The lowest BCUT2D eigenvalue weighted by Crippen LogP contribution is -2.83. The quantitative estimate of drug-likeness (QED) is 0.775. The Hall–Kier alpha value is -2.59. The molecule has 1 aliphatic heterocycles. The van der Waals surface area contributed by atoms with Gasteiger partial charge in [-0.1, -0.05) is 18.2 Å². The van der Waals surface area contributed by atoms with Gasteiger partial charge in [-0.05, 0) is 36.4 Å². The van der Waals surface area contributed by atoms with Gasteiger partial charge in [-0.25, -0.2) is 4.39 Å². The van der Waals surface area contributed by atoms with Crippen LogP contribution in [0.4, 0.5) is 4.39 Å². The van der Waals surface area contributed by atoms with E-state index in [4.69, 9.17) is 4.74 Å². The number of para-hydroxylation sites is 1. The maximum atomic E-state index is 13.7. The fourth-order valence-corrected chi connectivity index (χ4v) is 3.33. The number of nitrogens with two attached hydrogens (primary N) is 1. The lowest BCUT2D eigenvalue weighted by atomic mass is 10.0. The van der Waals surface area contributed by atoms with E-state index in [9.17, 15) is 4.39 Å². The second kappa shape index (κ2) is 5.56. The van der Waals surface area contributed by atoms with Crippen molar-refractivity contribution in [1.82, 2.24) is 4.57 Å². The van der Waals surface area contributed by atoms with Gasteiger partial charge in [0.1, 0.15) is 6.54 Å². The molecular formula is C19H18FN2O+. The Labute approximate surface area is 134 Å². The summed E-state index contributed by atoms with van der Waals surface area (Å²) in [6.07, 6.45) is 2.08. The Kier molecular flexibility index (Phi) is 3.39. The molecule has 0 radical (unpaired) electrons. The zero-order chi connectivity index (χ0) is 15.8. The highest BCUT2D eigenvalue weighted by Crippen LogP contribution is 2.29. The van der Waals surface area contributed by atoms with Crippen LogP contribution in [0.15, 0.2) is 60.8 Å². The van der Waals surface area contributed by atoms with E-state index in [0.717, 1.165) is 12.1 Å². The molecule has 2 aromatic carbocycles. The first-order chi connectivity index (χ1) is 11.3. The first kappa shape index (κ1) is 14.0. The molecule has 116 valence electrons. The van der Waals surface area contributed by atoms with Gasteiger partial charge in [-0.15, -0.1) is 0 Å². The number of halogens is 1. The molecule has 3 aromatic rings. The standard InChI is InChI=1S/C19H17FN2O/c1-23-18-11-13(8-9-15(18)20)19-17-7-4-10-22(17)16-6-3-2-5-14(16)12-21-19/h2-11,19,21H,12H2,1H3/p+1/t19-/m0/s1. The van der Waals surface area contributed by atoms with Crippen LogP contribution in [-0.4, -0.2) is 11.7 Å². The van der Waals surface area contributed by atoms with Crippen molar-refractivity contribution in [2.75, 3.05) is 7.11 Å². The average Bonchev–Trinajstić information content (AvgIpc) is 3.00. The van der Waals surface area contributed by atoms with Gasteiger partial charge in [0.05, 0.1) is 18.5 Å². The van der Waals surface area contributed by atoms with E-state index in [-0.39, 0.29) is 17.6 Å². The predicted octanol–water partition coefficient (Wildman–Crippen LogP) is 2.79. The molecule has 1 atom stereocenters. The molecule has 1 aromatic heterocycles. The number of methoxy groups -OCH3 is 1. The molecule has 0 spiro atoms. The third-order valence-corrected chi connectivity index (χ3v) is 4.46. The minimum atomic E-state index is -0.330. The van der Waals surface area contributed by atoms with Gasteiger partial charge in [-0.2, -0.15) is 0 Å². The summed E-state index contributed by atoms with van der Waals surface area (Å²) in [5, 5.41) is 2.28. The number of ether oxygens (including phenoxy) is 1. The fraction of sp³-hybridized carbons (Fsp3) is 0.158. The van der Waals surface area contributed by atoms with Gasteiger partial charge >= 0.3 is 0 Å². The number of hydrogen-bond donors (Lipinski definition) is 1. The number of quaternary nitrogens is 1. The first-order valence-corrected chi connectivity index (χ1v) is 7.70. The topological polar surface area (TPSA) is 30.8 Å². The van der Waals surface area contributed by atoms with Crippen LogP contribution in [0.25, 0.3) is 5.69 Å². The van der Waals surface area contributed by atoms with Crippen LogP contribution in [0.1, 0.15) is 22.9 Å². The molecule has 3 nitrogen and oxygen atoms in total. The molecule has 4 heteroatoms. The second-order valence-corrected chi connectivity index (χ2v) is 5.74. The summed E-state index contributed by atoms with van der Waals surface area (Å²) in [4.78, 5) is 0. The molecule has 0 saturated carbocycles. The summed E-state index contributed by atoms with van der Waals surface area (Å²) >= 11 is 0. The number of benzene rings is 2. The van der Waals surface area contributed by atoms with Gasteiger partial charge < -0.3 is 14.6 Å². The van der Waals surface area contributed by atoms with E-state index in [1.54, 1.807) is 6.07 Å². The Morgan fingerprint density at radius 1 is 1.13 bits per heavy atom. The van der Waals surface area contributed by atoms with Crippen molar-refractivity contribution in [2.24, 2.45) is 0 Å². The molecule has 23 heavy (non-hydrogen) atoms. The number of aromatic nitrogens is 1. The molecule has 2 N–H and O–H groups in total. The van der Waals surface area contributed by atoms with Crippen molar-refractivity contribution in [3.8, 4) is 11.4 Å². The van der Waals surface area contributed by atoms with Crippen molar-refractivity contribution < 1.29 is 14.4 Å². The van der Waals surface area contributed by atoms with Gasteiger partial charge in [-0.3, -0.25) is 0 Å². The molecular weight excluding hydrogens is 291 g/mol. The highest BCUT2D eigenvalue weighted by atomic mass is 19.1. The van der Waals surface area contributed by atoms with Crippen molar-refractivity contribution in [3.05, 3.63) is 83.4 Å². The Balaban J connectivity index is 1.84. The molecule has 0 unspecified atom stereocenters. The van der Waals surface area contributed by atoms with Crippen LogP contribution < -0.4 is 10.1 Å². The Bertz CT molecular complexity index is 856. The van der Waals surface area contributed by atoms with E-state index in [2.05, 4.69) is 52.5 Å². The van der Waals surface area contributed by atoms with Crippen LogP contribution >= 0.6 is 0 Å². The first-order valence-electron chi connectivity index (χ1n) is 7.70. The van der Waals surface area contributed by atoms with Crippen molar-refractivity contribution in [3.63, 3.8) is 0 Å². The van der Waals surface area contributed by atoms with E-state index < -0.39 is 0 Å². The lowest BCUT2D eigenvalue weighted by molar-refractivity contribution is -0.702. The van der Waals surface area contributed by atoms with Gasteiger partial charge in [0, 0.05) is 17.3 Å². The molecule has 1 aliphatic rings. The Morgan fingerprint density at radius 2 is 2.00 bits per heavy atom. The van der Waals surface area contributed by atoms with Gasteiger partial charge in [0.15, 0.2) is 17.6 Å². The van der Waals surface area contributed by atoms with E-state index in [1.165, 1.54) is 30.1 Å². The summed E-state index contributed by atoms with van der Waals surface area (Å²) in [5.41, 5.74) is 4.72. The fourth-order valence-electron chi connectivity index (χ4n) is 3.33. The number of fused-ring (bicyclic) bond motifs is 3. The zero-order valence-electron chi connectivity index (χ0n) is 12.9. The third kappa shape index (κ3) is 2.32. The lowest BCUT2D eigenvalue weighted by Gasteiger charge is -2.16. The Morgan fingerprint density at radius 3 is 2.87 bits per heavy atom. The van der Waals surface area contributed by atoms with Crippen LogP contribution in [0.2, 0.25) is 0 Å². The SMILES string of the molecule is COc1cc([C@@H]2[NH2+]Cc3ccccc3-n3cccc32)ccc1F. The molecule has 0 amide bonds. The molecule has 0 aliphatic carbocycles. The summed E-state index contributed by atoms with van der Waals surface area (Å²) in [6.45, 7) is 0.877. The zero-order valence-corrected chi connectivity index (χ0v) is 12.9. The highest BCUT2D eigenvalue weighted by Gasteiger charge is 2.26. The van der Waals surface area contributed by atoms with E-state index in [1.807, 2.05) is 6.07 Å². The van der Waals surface area contributed by atoms with Crippen LogP contribution in [-0.2, 0) is 6.54 Å². The van der Waals surface area contributed by atoms with Crippen molar-refractivity contribution >= 4 is 0 Å². The van der Waals surface area contributed by atoms with Crippen LogP contribution in [0.5, 0.6) is 5.75 Å². The van der Waals surface area contributed by atoms with E-state index in [0.29, 0.717) is 0 Å².